The molecule has 0 aliphatic rings. The minimum Gasteiger partial charge on any atom is -0.478 e. The van der Waals surface area contributed by atoms with Crippen molar-refractivity contribution in [2.45, 2.75) is 6.92 Å². The van der Waals surface area contributed by atoms with Crippen LogP contribution in [-0.4, -0.2) is 116 Å². The van der Waals surface area contributed by atoms with Crippen molar-refractivity contribution in [1.29, 1.82) is 0 Å². The molecule has 21 heteroatoms. The second kappa shape index (κ2) is 25.7. The summed E-state index contributed by atoms with van der Waals surface area (Å²) in [6.07, 6.45) is 0. The quantitative estimate of drug-likeness (QED) is 0.0531. The van der Waals surface area contributed by atoms with Crippen LogP contribution in [0.2, 0.25) is 0 Å². The van der Waals surface area contributed by atoms with Gasteiger partial charge in [0.1, 0.15) is 22.4 Å². The monoisotopic (exact) mass is 1190 g/mol. The Labute approximate surface area is 510 Å². The predicted molar refractivity (Wildman–Crippen MR) is 345 cm³/mol. The fourth-order valence-electron chi connectivity index (χ4n) is 9.41. The summed E-state index contributed by atoms with van der Waals surface area (Å²) in [5, 5.41) is 49.1. The number of anilines is 6. The van der Waals surface area contributed by atoms with Gasteiger partial charge in [-0.05, 0) is 207 Å². The molecule has 0 saturated heterocycles. The van der Waals surface area contributed by atoms with Gasteiger partial charge >= 0.3 is 5.97 Å². The van der Waals surface area contributed by atoms with E-state index in [1.165, 1.54) is 42.5 Å². The van der Waals surface area contributed by atoms with Crippen LogP contribution < -0.4 is 30.7 Å². The maximum absolute atomic E-state index is 13.0. The van der Waals surface area contributed by atoms with E-state index in [9.17, 15) is 39.2 Å². The number of amides is 3. The first-order chi connectivity index (χ1) is 42.7. The van der Waals surface area contributed by atoms with Gasteiger partial charge in [0.2, 0.25) is 0 Å². The van der Waals surface area contributed by atoms with Gasteiger partial charge in [0, 0.05) is 110 Å². The Kier molecular flexibility index (Phi) is 17.4. The number of hydrogen-bond donors (Lipinski definition) is 7. The molecule has 89 heavy (non-hydrogen) atoms. The number of nitrogens with one attached hydrogen (secondary N) is 3. The Bertz CT molecular complexity index is 4560. The van der Waals surface area contributed by atoms with Crippen LogP contribution in [0.15, 0.2) is 200 Å². The Morgan fingerprint density at radius 1 is 0.382 bits per heavy atom. The topological polar surface area (TPSA) is 248 Å². The van der Waals surface area contributed by atoms with Gasteiger partial charge < -0.3 is 51.4 Å². The lowest BCUT2D eigenvalue weighted by Crippen LogP contribution is -2.13. The molecule has 0 saturated carbocycles. The minimum atomic E-state index is -1.06. The van der Waals surface area contributed by atoms with Gasteiger partial charge in [-0.15, -0.1) is 0 Å². The third kappa shape index (κ3) is 13.6. The lowest BCUT2D eigenvalue weighted by Gasteiger charge is -2.12. The summed E-state index contributed by atoms with van der Waals surface area (Å²) in [5.74, 6) is -1.04. The number of carbonyl (C=O) groups is 4. The molecular formula is C68H61FN12O8. The second-order valence-corrected chi connectivity index (χ2v) is 21.3. The zero-order chi connectivity index (χ0) is 63.2. The van der Waals surface area contributed by atoms with Crippen molar-refractivity contribution in [3.05, 3.63) is 234 Å². The Morgan fingerprint density at radius 2 is 0.719 bits per heavy atom. The lowest BCUT2D eigenvalue weighted by atomic mass is 10.1. The molecule has 0 atom stereocenters. The molecule has 448 valence electrons. The summed E-state index contributed by atoms with van der Waals surface area (Å²) in [5.41, 5.74) is 13.1. The number of fused-ring (bicyclic) bond motifs is 3. The number of imidazole rings is 3. The maximum atomic E-state index is 13.0. The van der Waals surface area contributed by atoms with Gasteiger partial charge in [-0.2, -0.15) is 14.2 Å². The van der Waals surface area contributed by atoms with E-state index < -0.39 is 11.8 Å². The smallest absolute Gasteiger partial charge is 0.335 e. The number of aryl methyl sites for hydroxylation is 1. The predicted octanol–water partition coefficient (Wildman–Crippen LogP) is 12.9. The standard InChI is InChI=1S/C23H20N4O4.C23H22N4O2.C22H19FN4O2/c1-26(2)18-10-5-15(6-11-18)22(28)24-17-8-3-14(4-9-17)21-25-19-13-16(23(29)30)7-12-20(19)27(21)31;1-15-4-13-21-20(14-15)25-22(27(21)29)16-5-9-18(10-6-16)24-23(28)17-7-11-19(12-8-17)26(2)3;1-26(2)18-11-12-19-20(13-18)27(29)21(25-19)14-5-9-17(10-6-14)24-22(28)15-3-7-16(23)8-4-15/h3-13,31H,1-2H3,(H,24,28)(H,29,30);4-14,29H,1-3H3,(H,24,28);3-13,29H,1-2H3,(H,24,28). The summed E-state index contributed by atoms with van der Waals surface area (Å²) < 4.78 is 16.1. The maximum Gasteiger partial charge on any atom is 0.335 e. The van der Waals surface area contributed by atoms with E-state index in [1.54, 1.807) is 84.9 Å². The molecule has 12 rings (SSSR count). The molecule has 0 aliphatic heterocycles. The molecule has 3 aromatic heterocycles. The lowest BCUT2D eigenvalue weighted by molar-refractivity contribution is 0.0696. The number of rotatable bonds is 13. The summed E-state index contributed by atoms with van der Waals surface area (Å²) >= 11 is 0. The molecule has 3 amide bonds. The largest absolute Gasteiger partial charge is 0.478 e. The zero-order valence-corrected chi connectivity index (χ0v) is 49.4. The molecule has 12 aromatic rings. The van der Waals surface area contributed by atoms with Gasteiger partial charge in [-0.25, -0.2) is 24.1 Å². The molecule has 0 radical (unpaired) electrons. The summed E-state index contributed by atoms with van der Waals surface area (Å²) in [6.45, 7) is 1.99. The molecule has 0 bridgehead atoms. The Hall–Kier alpha value is -12.0. The van der Waals surface area contributed by atoms with E-state index in [0.717, 1.165) is 47.9 Å². The van der Waals surface area contributed by atoms with Crippen LogP contribution in [0.3, 0.4) is 0 Å². The highest BCUT2D eigenvalue weighted by Crippen LogP contribution is 2.30. The molecule has 9 aromatic carbocycles. The van der Waals surface area contributed by atoms with E-state index in [4.69, 9.17) is 5.11 Å². The minimum absolute atomic E-state index is 0.0915. The fourth-order valence-corrected chi connectivity index (χ4v) is 9.41. The Morgan fingerprint density at radius 3 is 1.11 bits per heavy atom. The van der Waals surface area contributed by atoms with Crippen molar-refractivity contribution in [3.63, 3.8) is 0 Å². The summed E-state index contributed by atoms with van der Waals surface area (Å²) in [4.78, 5) is 67.6. The molecule has 7 N–H and O–H groups in total. The molecular weight excluding hydrogens is 1130 g/mol. The van der Waals surface area contributed by atoms with Crippen LogP contribution in [0, 0.1) is 12.7 Å². The average Bonchev–Trinajstić information content (AvgIpc) is 2.91. The van der Waals surface area contributed by atoms with Crippen LogP contribution in [0.1, 0.15) is 47.0 Å². The Balaban J connectivity index is 0.000000147. The first-order valence-electron chi connectivity index (χ1n) is 27.8. The van der Waals surface area contributed by atoms with Crippen molar-refractivity contribution in [2.75, 3.05) is 72.9 Å². The fraction of sp³-hybridized carbons (Fsp3) is 0.103. The number of halogens is 1. The third-order valence-corrected chi connectivity index (χ3v) is 14.4. The number of carboxylic acids is 1. The van der Waals surface area contributed by atoms with Gasteiger partial charge in [0.15, 0.2) is 17.5 Å². The molecule has 0 fully saturated rings. The van der Waals surface area contributed by atoms with Crippen LogP contribution in [0.4, 0.5) is 38.5 Å². The van der Waals surface area contributed by atoms with Crippen LogP contribution in [0.5, 0.6) is 0 Å². The summed E-state index contributed by atoms with van der Waals surface area (Å²) in [7, 11) is 11.6. The van der Waals surface area contributed by atoms with Gasteiger partial charge in [-0.1, -0.05) is 6.07 Å². The van der Waals surface area contributed by atoms with Crippen LogP contribution in [0.25, 0.3) is 67.3 Å². The molecule has 20 nitrogen and oxygen atoms in total. The van der Waals surface area contributed by atoms with E-state index >= 15 is 0 Å². The number of carboxylic acid groups (broad SMARTS) is 1. The van der Waals surface area contributed by atoms with Gasteiger partial charge in [0.25, 0.3) is 17.7 Å². The normalized spacial score (nSPS) is 10.8. The summed E-state index contributed by atoms with van der Waals surface area (Å²) in [6, 6.07) is 56.8. The van der Waals surface area contributed by atoms with E-state index in [2.05, 4.69) is 30.9 Å². The van der Waals surface area contributed by atoms with Crippen molar-refractivity contribution < 1.29 is 44.3 Å². The third-order valence-electron chi connectivity index (χ3n) is 14.4. The number of aromatic carboxylic acids is 1. The van der Waals surface area contributed by atoms with E-state index in [0.29, 0.717) is 84.1 Å². The SMILES string of the molecule is CN(C)c1ccc(C(=O)Nc2ccc(-c3nc4cc(C(=O)O)ccc4n3O)cc2)cc1.CN(C)c1ccc2nc(-c3ccc(NC(=O)c4ccc(F)cc4)cc3)n(O)c2c1.Cc1ccc2c(c1)nc(-c1ccc(NC(=O)c3ccc(N(C)C)cc3)cc1)n2O. The number of carbonyl (C=O) groups excluding carboxylic acids is 3. The highest BCUT2D eigenvalue weighted by molar-refractivity contribution is 6.06. The molecule has 3 heterocycles. The molecule has 0 unspecified atom stereocenters. The number of hydrogen-bond acceptors (Lipinski definition) is 13. The van der Waals surface area contributed by atoms with E-state index in [-0.39, 0.29) is 29.1 Å². The number of nitrogens with zero attached hydrogens (tertiary/aromatic N) is 9. The highest BCUT2D eigenvalue weighted by Gasteiger charge is 2.18. The highest BCUT2D eigenvalue weighted by atomic mass is 19.1. The van der Waals surface area contributed by atoms with Gasteiger partial charge in [0.05, 0.1) is 22.1 Å². The van der Waals surface area contributed by atoms with Crippen LogP contribution in [-0.2, 0) is 0 Å². The van der Waals surface area contributed by atoms with Gasteiger partial charge in [-0.3, -0.25) is 14.4 Å². The van der Waals surface area contributed by atoms with Crippen molar-refractivity contribution in [2.24, 2.45) is 0 Å². The van der Waals surface area contributed by atoms with E-state index in [1.807, 2.05) is 137 Å². The second-order valence-electron chi connectivity index (χ2n) is 21.3. The van der Waals surface area contributed by atoms with Crippen LogP contribution >= 0.6 is 0 Å². The van der Waals surface area contributed by atoms with Crippen molar-refractivity contribution >= 4 is 90.9 Å². The molecule has 0 spiro atoms. The number of aromatic nitrogens is 6. The molecule has 0 aliphatic carbocycles. The zero-order valence-electron chi connectivity index (χ0n) is 49.4. The average molecular weight is 1190 g/mol. The first-order valence-corrected chi connectivity index (χ1v) is 27.8. The first kappa shape index (κ1) is 60.1. The number of benzene rings is 9. The van der Waals surface area contributed by atoms with Crippen molar-refractivity contribution in [1.82, 2.24) is 29.1 Å². The van der Waals surface area contributed by atoms with Crippen molar-refractivity contribution in [3.8, 4) is 34.2 Å².